The minimum absolute atomic E-state index is 0.521. The molecule has 0 amide bonds. The molecule has 0 spiro atoms. The highest BCUT2D eigenvalue weighted by atomic mass is 35.5. The van der Waals surface area contributed by atoms with Crippen molar-refractivity contribution in [2.75, 3.05) is 5.73 Å². The van der Waals surface area contributed by atoms with Gasteiger partial charge in [-0.25, -0.2) is 15.0 Å². The molecule has 2 aromatic rings. The Morgan fingerprint density at radius 2 is 2.11 bits per heavy atom. The molecule has 0 radical (unpaired) electrons. The van der Waals surface area contributed by atoms with Crippen molar-refractivity contribution in [3.8, 4) is 0 Å². The van der Waals surface area contributed by atoms with E-state index in [1.54, 1.807) is 12.3 Å². The summed E-state index contributed by atoms with van der Waals surface area (Å²) in [6.45, 7) is 3.99. The zero-order valence-electron chi connectivity index (χ0n) is 10.9. The van der Waals surface area contributed by atoms with Crippen molar-refractivity contribution in [2.45, 2.75) is 36.7 Å². The Bertz CT molecular complexity index is 589. The molecular weight excluding hydrogens is 280 g/mol. The van der Waals surface area contributed by atoms with Crippen LogP contribution in [0.1, 0.15) is 24.7 Å². The quantitative estimate of drug-likeness (QED) is 0.874. The molecule has 0 aliphatic heterocycles. The van der Waals surface area contributed by atoms with E-state index >= 15 is 0 Å². The molecule has 0 aromatic carbocycles. The summed E-state index contributed by atoms with van der Waals surface area (Å²) in [5, 5.41) is 2.16. The summed E-state index contributed by atoms with van der Waals surface area (Å²) in [4.78, 5) is 13.1. The average molecular weight is 295 g/mol. The second kappa shape index (κ2) is 6.21. The average Bonchev–Trinajstić information content (AvgIpc) is 2.38. The molecule has 0 bridgehead atoms. The topological polar surface area (TPSA) is 64.7 Å². The number of nitrogen functional groups attached to an aromatic ring is 1. The molecule has 2 aromatic heterocycles. The summed E-state index contributed by atoms with van der Waals surface area (Å²) < 4.78 is 0. The third-order valence-corrected chi connectivity index (χ3v) is 4.10. The Kier molecular flexibility index (Phi) is 4.61. The van der Waals surface area contributed by atoms with E-state index in [1.165, 1.54) is 11.8 Å². The molecular formula is C13H15ClN4S. The maximum Gasteiger partial charge on any atom is 0.132 e. The Morgan fingerprint density at radius 3 is 2.79 bits per heavy atom. The van der Waals surface area contributed by atoms with E-state index in [2.05, 4.69) is 21.9 Å². The first-order valence-corrected chi connectivity index (χ1v) is 7.22. The fourth-order valence-electron chi connectivity index (χ4n) is 1.53. The summed E-state index contributed by atoms with van der Waals surface area (Å²) in [5.41, 5.74) is 6.79. The maximum atomic E-state index is 6.11. The van der Waals surface area contributed by atoms with Crippen LogP contribution >= 0.6 is 23.4 Å². The van der Waals surface area contributed by atoms with Crippen molar-refractivity contribution < 1.29 is 0 Å². The lowest BCUT2D eigenvalue weighted by molar-refractivity contribution is 0.805. The first-order valence-electron chi connectivity index (χ1n) is 6.03. The highest BCUT2D eigenvalue weighted by Crippen LogP contribution is 2.33. The van der Waals surface area contributed by atoms with E-state index in [-0.39, 0.29) is 0 Å². The zero-order chi connectivity index (χ0) is 13.8. The van der Waals surface area contributed by atoms with Crippen LogP contribution in [0.15, 0.2) is 28.4 Å². The predicted molar refractivity (Wildman–Crippen MR) is 78.5 cm³/mol. The minimum Gasteiger partial charge on any atom is -0.383 e. The van der Waals surface area contributed by atoms with Gasteiger partial charge in [0.05, 0.1) is 5.02 Å². The van der Waals surface area contributed by atoms with Gasteiger partial charge in [0.15, 0.2) is 0 Å². The van der Waals surface area contributed by atoms with Gasteiger partial charge in [-0.05, 0) is 37.2 Å². The van der Waals surface area contributed by atoms with E-state index < -0.39 is 0 Å². The lowest BCUT2D eigenvalue weighted by Crippen LogP contribution is -2.04. The highest BCUT2D eigenvalue weighted by molar-refractivity contribution is 7.99. The summed E-state index contributed by atoms with van der Waals surface area (Å²) in [6.07, 6.45) is 3.51. The van der Waals surface area contributed by atoms with Gasteiger partial charge in [-0.2, -0.15) is 0 Å². The number of rotatable bonds is 4. The number of nitrogens with two attached hydrogens (primary N) is 1. The molecule has 6 heteroatoms. The van der Waals surface area contributed by atoms with Crippen LogP contribution in [-0.4, -0.2) is 15.0 Å². The van der Waals surface area contributed by atoms with Crippen LogP contribution in [0.4, 0.5) is 5.82 Å². The molecule has 2 N–H and O–H groups in total. The number of hydrogen-bond donors (Lipinski definition) is 1. The molecule has 2 rings (SSSR count). The van der Waals surface area contributed by atoms with Gasteiger partial charge in [-0.3, -0.25) is 0 Å². The highest BCUT2D eigenvalue weighted by Gasteiger charge is 2.12. The number of pyridine rings is 1. The molecule has 0 saturated carbocycles. The van der Waals surface area contributed by atoms with Crippen LogP contribution in [-0.2, 0) is 6.42 Å². The lowest BCUT2D eigenvalue weighted by Gasteiger charge is -2.09. The molecule has 4 nitrogen and oxygen atoms in total. The van der Waals surface area contributed by atoms with Crippen molar-refractivity contribution in [2.24, 2.45) is 0 Å². The van der Waals surface area contributed by atoms with Gasteiger partial charge in [0.2, 0.25) is 0 Å². The third kappa shape index (κ3) is 3.36. The summed E-state index contributed by atoms with van der Waals surface area (Å²) in [6, 6.07) is 3.61. The first kappa shape index (κ1) is 14.1. The van der Waals surface area contributed by atoms with Gasteiger partial charge in [0.1, 0.15) is 21.7 Å². The maximum absolute atomic E-state index is 6.11. The minimum atomic E-state index is 0.521. The largest absolute Gasteiger partial charge is 0.383 e. The van der Waals surface area contributed by atoms with Gasteiger partial charge < -0.3 is 5.73 Å². The van der Waals surface area contributed by atoms with Crippen LogP contribution < -0.4 is 5.73 Å². The van der Waals surface area contributed by atoms with Gasteiger partial charge in [-0.1, -0.05) is 18.5 Å². The Hall–Kier alpha value is -1.33. The zero-order valence-corrected chi connectivity index (χ0v) is 12.4. The number of hydrogen-bond acceptors (Lipinski definition) is 5. The standard InChI is InChI=1S/C13H15ClN4S/c1-3-5-10-17-11(15)8(2)12(18-10)19-13-9(14)6-4-7-16-13/h4,6-7H,3,5H2,1-2H3,(H2,15,17,18). The van der Waals surface area contributed by atoms with Crippen LogP contribution in [0.2, 0.25) is 5.02 Å². The Labute approximate surface area is 121 Å². The van der Waals surface area contributed by atoms with E-state index in [1.807, 2.05) is 13.0 Å². The molecule has 0 aliphatic rings. The molecule has 0 saturated heterocycles. The molecule has 19 heavy (non-hydrogen) atoms. The fourth-order valence-corrected chi connectivity index (χ4v) is 2.64. The summed E-state index contributed by atoms with van der Waals surface area (Å²) in [5.74, 6) is 1.29. The number of anilines is 1. The number of aryl methyl sites for hydroxylation is 1. The van der Waals surface area contributed by atoms with Gasteiger partial charge in [-0.15, -0.1) is 0 Å². The number of aromatic nitrogens is 3. The Balaban J connectivity index is 2.36. The van der Waals surface area contributed by atoms with E-state index in [0.717, 1.165) is 34.3 Å². The Morgan fingerprint density at radius 1 is 1.32 bits per heavy atom. The van der Waals surface area contributed by atoms with E-state index in [9.17, 15) is 0 Å². The van der Waals surface area contributed by atoms with E-state index in [4.69, 9.17) is 17.3 Å². The van der Waals surface area contributed by atoms with Crippen molar-refractivity contribution in [3.05, 3.63) is 34.7 Å². The third-order valence-electron chi connectivity index (χ3n) is 2.58. The molecule has 2 heterocycles. The summed E-state index contributed by atoms with van der Waals surface area (Å²) >= 11 is 7.53. The van der Waals surface area contributed by atoms with Gasteiger partial charge >= 0.3 is 0 Å². The fraction of sp³-hybridized carbons (Fsp3) is 0.308. The van der Waals surface area contributed by atoms with Crippen molar-refractivity contribution in [1.82, 2.24) is 15.0 Å². The summed E-state index contributed by atoms with van der Waals surface area (Å²) in [7, 11) is 0. The van der Waals surface area contributed by atoms with Crippen LogP contribution in [0.5, 0.6) is 0 Å². The molecule has 100 valence electrons. The van der Waals surface area contributed by atoms with Crippen molar-refractivity contribution >= 4 is 29.2 Å². The second-order valence-electron chi connectivity index (χ2n) is 4.10. The van der Waals surface area contributed by atoms with E-state index in [0.29, 0.717) is 10.8 Å². The normalized spacial score (nSPS) is 10.7. The molecule has 0 unspecified atom stereocenters. The van der Waals surface area contributed by atoms with Gasteiger partial charge in [0.25, 0.3) is 0 Å². The molecule has 0 aliphatic carbocycles. The number of nitrogens with zero attached hydrogens (tertiary/aromatic N) is 3. The van der Waals surface area contributed by atoms with Crippen LogP contribution in [0.25, 0.3) is 0 Å². The smallest absolute Gasteiger partial charge is 0.132 e. The van der Waals surface area contributed by atoms with Gasteiger partial charge in [0, 0.05) is 18.2 Å². The predicted octanol–water partition coefficient (Wildman–Crippen LogP) is 3.52. The number of halogens is 1. The lowest BCUT2D eigenvalue weighted by atomic mass is 10.3. The van der Waals surface area contributed by atoms with Crippen LogP contribution in [0.3, 0.4) is 0 Å². The monoisotopic (exact) mass is 294 g/mol. The van der Waals surface area contributed by atoms with Crippen molar-refractivity contribution in [3.63, 3.8) is 0 Å². The molecule has 0 fully saturated rings. The SMILES string of the molecule is CCCc1nc(N)c(C)c(Sc2ncccc2Cl)n1. The molecule has 0 atom stereocenters. The first-order chi connectivity index (χ1) is 9.11. The second-order valence-corrected chi connectivity index (χ2v) is 5.48. The van der Waals surface area contributed by atoms with Crippen LogP contribution in [0, 0.1) is 6.92 Å². The van der Waals surface area contributed by atoms with Crippen molar-refractivity contribution in [1.29, 1.82) is 0 Å².